The van der Waals surface area contributed by atoms with Crippen LogP contribution >= 0.6 is 0 Å². The molecule has 3 N–H and O–H groups in total. The molecule has 5 heteroatoms. The fourth-order valence-electron chi connectivity index (χ4n) is 1.90. The van der Waals surface area contributed by atoms with Gasteiger partial charge in [0.25, 0.3) is 0 Å². The summed E-state index contributed by atoms with van der Waals surface area (Å²) in [5.74, 6) is 0.194. The van der Waals surface area contributed by atoms with Gasteiger partial charge in [0.2, 0.25) is 11.8 Å². The van der Waals surface area contributed by atoms with Crippen molar-refractivity contribution in [3.63, 3.8) is 0 Å². The molecule has 0 unspecified atom stereocenters. The van der Waals surface area contributed by atoms with E-state index in [0.717, 1.165) is 32.4 Å². The van der Waals surface area contributed by atoms with Crippen molar-refractivity contribution in [3.8, 4) is 0 Å². The van der Waals surface area contributed by atoms with Crippen LogP contribution in [0.2, 0.25) is 0 Å². The van der Waals surface area contributed by atoms with Crippen LogP contribution in [-0.4, -0.2) is 42.4 Å². The van der Waals surface area contributed by atoms with E-state index in [4.69, 9.17) is 5.73 Å². The van der Waals surface area contributed by atoms with Crippen molar-refractivity contribution in [2.24, 2.45) is 5.73 Å². The van der Waals surface area contributed by atoms with Crippen LogP contribution in [-0.2, 0) is 9.59 Å². The molecule has 0 atom stereocenters. The Hall–Kier alpha value is -1.10. The van der Waals surface area contributed by atoms with Gasteiger partial charge in [-0.05, 0) is 25.8 Å². The molecule has 1 rings (SSSR count). The van der Waals surface area contributed by atoms with E-state index in [1.165, 1.54) is 0 Å². The molecule has 0 saturated carbocycles. The van der Waals surface area contributed by atoms with Crippen molar-refractivity contribution in [2.75, 3.05) is 19.6 Å². The number of nitrogens with zero attached hydrogens (tertiary/aromatic N) is 1. The third-order valence-electron chi connectivity index (χ3n) is 2.91. The molecule has 1 aliphatic rings. The quantitative estimate of drug-likeness (QED) is 0.701. The first-order valence-corrected chi connectivity index (χ1v) is 5.88. The van der Waals surface area contributed by atoms with Gasteiger partial charge in [0.05, 0.1) is 0 Å². The van der Waals surface area contributed by atoms with E-state index in [1.807, 2.05) is 4.90 Å². The minimum atomic E-state index is 0.0757. The van der Waals surface area contributed by atoms with Crippen molar-refractivity contribution in [1.29, 1.82) is 0 Å². The van der Waals surface area contributed by atoms with Gasteiger partial charge in [0.15, 0.2) is 0 Å². The van der Waals surface area contributed by atoms with Crippen molar-refractivity contribution >= 4 is 11.8 Å². The average molecular weight is 227 g/mol. The summed E-state index contributed by atoms with van der Waals surface area (Å²) in [5, 5.41) is 2.98. The zero-order chi connectivity index (χ0) is 12.0. The van der Waals surface area contributed by atoms with Crippen LogP contribution in [0.3, 0.4) is 0 Å². The fourth-order valence-corrected chi connectivity index (χ4v) is 1.90. The van der Waals surface area contributed by atoms with Gasteiger partial charge in [-0.1, -0.05) is 0 Å². The number of rotatable bonds is 4. The number of hydrogen-bond donors (Lipinski definition) is 2. The molecule has 0 aromatic heterocycles. The monoisotopic (exact) mass is 227 g/mol. The maximum Gasteiger partial charge on any atom is 0.220 e. The minimum absolute atomic E-state index is 0.0757. The van der Waals surface area contributed by atoms with Gasteiger partial charge >= 0.3 is 0 Å². The average Bonchev–Trinajstić information content (AvgIpc) is 2.27. The van der Waals surface area contributed by atoms with Crippen LogP contribution in [0.5, 0.6) is 0 Å². The number of carbonyl (C=O) groups excluding carboxylic acids is 2. The number of hydrogen-bond acceptors (Lipinski definition) is 3. The molecule has 92 valence electrons. The van der Waals surface area contributed by atoms with Crippen LogP contribution in [0.25, 0.3) is 0 Å². The maximum atomic E-state index is 11.4. The van der Waals surface area contributed by atoms with Crippen LogP contribution in [0.4, 0.5) is 0 Å². The second-order valence-electron chi connectivity index (χ2n) is 4.24. The van der Waals surface area contributed by atoms with Gasteiger partial charge in [0, 0.05) is 32.5 Å². The van der Waals surface area contributed by atoms with Gasteiger partial charge in [-0.3, -0.25) is 9.59 Å². The third kappa shape index (κ3) is 4.18. The van der Waals surface area contributed by atoms with E-state index in [0.29, 0.717) is 13.0 Å². The lowest BCUT2D eigenvalue weighted by Gasteiger charge is -2.31. The maximum absolute atomic E-state index is 11.4. The van der Waals surface area contributed by atoms with Gasteiger partial charge in [0.1, 0.15) is 0 Å². The molecule has 1 fully saturated rings. The van der Waals surface area contributed by atoms with Crippen molar-refractivity contribution in [2.45, 2.75) is 38.6 Å². The normalized spacial score (nSPS) is 17.2. The minimum Gasteiger partial charge on any atom is -0.353 e. The molecule has 1 heterocycles. The molecule has 1 saturated heterocycles. The Bertz CT molecular complexity index is 248. The van der Waals surface area contributed by atoms with Crippen molar-refractivity contribution in [1.82, 2.24) is 10.2 Å². The second-order valence-corrected chi connectivity index (χ2v) is 4.24. The van der Waals surface area contributed by atoms with Crippen LogP contribution in [0.15, 0.2) is 0 Å². The summed E-state index contributed by atoms with van der Waals surface area (Å²) in [6.45, 7) is 3.63. The van der Waals surface area contributed by atoms with Crippen molar-refractivity contribution in [3.05, 3.63) is 0 Å². The molecule has 0 aromatic rings. The number of nitrogens with one attached hydrogen (secondary N) is 1. The first-order chi connectivity index (χ1) is 7.63. The smallest absolute Gasteiger partial charge is 0.220 e. The highest BCUT2D eigenvalue weighted by Crippen LogP contribution is 2.10. The largest absolute Gasteiger partial charge is 0.353 e. The molecule has 0 aliphatic carbocycles. The van der Waals surface area contributed by atoms with Crippen molar-refractivity contribution < 1.29 is 9.59 Å². The Morgan fingerprint density at radius 1 is 1.38 bits per heavy atom. The Labute approximate surface area is 96.4 Å². The topological polar surface area (TPSA) is 75.4 Å². The highest BCUT2D eigenvalue weighted by molar-refractivity contribution is 5.76. The predicted octanol–water partition coefficient (Wildman–Crippen LogP) is -0.148. The third-order valence-corrected chi connectivity index (χ3v) is 2.91. The predicted molar refractivity (Wildman–Crippen MR) is 61.7 cm³/mol. The standard InChI is InChI=1S/C11H21N3O2/c1-9(15)14-7-4-10(5-8-14)13-11(16)3-2-6-12/h10H,2-8,12H2,1H3,(H,13,16). The molecular formula is C11H21N3O2. The first-order valence-electron chi connectivity index (χ1n) is 5.88. The Morgan fingerprint density at radius 3 is 2.50 bits per heavy atom. The van der Waals surface area contributed by atoms with E-state index in [9.17, 15) is 9.59 Å². The molecule has 16 heavy (non-hydrogen) atoms. The SMILES string of the molecule is CC(=O)N1CCC(NC(=O)CCCN)CC1. The second kappa shape index (κ2) is 6.48. The van der Waals surface area contributed by atoms with Crippen LogP contribution in [0, 0.1) is 0 Å². The van der Waals surface area contributed by atoms with E-state index in [2.05, 4.69) is 5.32 Å². The molecular weight excluding hydrogens is 206 g/mol. The summed E-state index contributed by atoms with van der Waals surface area (Å²) < 4.78 is 0. The molecule has 5 nitrogen and oxygen atoms in total. The lowest BCUT2D eigenvalue weighted by Crippen LogP contribution is -2.46. The molecule has 2 amide bonds. The fraction of sp³-hybridized carbons (Fsp3) is 0.818. The molecule has 1 aliphatic heterocycles. The number of likely N-dealkylation sites (tertiary alicyclic amines) is 1. The highest BCUT2D eigenvalue weighted by atomic mass is 16.2. The van der Waals surface area contributed by atoms with Gasteiger partial charge in [-0.25, -0.2) is 0 Å². The summed E-state index contributed by atoms with van der Waals surface area (Å²) in [6.07, 6.45) is 2.95. The van der Waals surface area contributed by atoms with Gasteiger partial charge < -0.3 is 16.0 Å². The number of nitrogens with two attached hydrogens (primary N) is 1. The molecule has 0 bridgehead atoms. The summed E-state index contributed by atoms with van der Waals surface area (Å²) >= 11 is 0. The Kier molecular flexibility index (Phi) is 5.25. The van der Waals surface area contributed by atoms with E-state index in [-0.39, 0.29) is 17.9 Å². The van der Waals surface area contributed by atoms with E-state index in [1.54, 1.807) is 6.92 Å². The first kappa shape index (κ1) is 13.0. The van der Waals surface area contributed by atoms with Crippen LogP contribution < -0.4 is 11.1 Å². The molecule has 0 radical (unpaired) electrons. The number of carbonyl (C=O) groups is 2. The number of piperidine rings is 1. The van der Waals surface area contributed by atoms with Gasteiger partial charge in [-0.2, -0.15) is 0 Å². The lowest BCUT2D eigenvalue weighted by molar-refractivity contribution is -0.130. The zero-order valence-electron chi connectivity index (χ0n) is 9.87. The summed E-state index contributed by atoms with van der Waals surface area (Å²) in [4.78, 5) is 24.4. The highest BCUT2D eigenvalue weighted by Gasteiger charge is 2.21. The van der Waals surface area contributed by atoms with E-state index < -0.39 is 0 Å². The molecule has 0 aromatic carbocycles. The Balaban J connectivity index is 2.21. The Morgan fingerprint density at radius 2 is 2.00 bits per heavy atom. The van der Waals surface area contributed by atoms with Crippen LogP contribution in [0.1, 0.15) is 32.6 Å². The van der Waals surface area contributed by atoms with E-state index >= 15 is 0 Å². The number of amides is 2. The summed E-state index contributed by atoms with van der Waals surface area (Å²) in [5.41, 5.74) is 5.34. The zero-order valence-corrected chi connectivity index (χ0v) is 9.87. The molecule has 0 spiro atoms. The summed E-state index contributed by atoms with van der Waals surface area (Å²) in [7, 11) is 0. The lowest BCUT2D eigenvalue weighted by atomic mass is 10.0. The summed E-state index contributed by atoms with van der Waals surface area (Å²) in [6, 6.07) is 0.223. The van der Waals surface area contributed by atoms with Gasteiger partial charge in [-0.15, -0.1) is 0 Å².